The summed E-state index contributed by atoms with van der Waals surface area (Å²) in [5, 5.41) is 15.4. The average molecular weight is 392 g/mol. The molecule has 1 amide bonds. The molecule has 1 fully saturated rings. The number of fused-ring (bicyclic) bond motifs is 1. The van der Waals surface area contributed by atoms with E-state index >= 15 is 0 Å². The summed E-state index contributed by atoms with van der Waals surface area (Å²) in [5.74, 6) is -0.102. The van der Waals surface area contributed by atoms with Gasteiger partial charge in [0.1, 0.15) is 4.60 Å². The van der Waals surface area contributed by atoms with E-state index in [1.807, 2.05) is 0 Å². The van der Waals surface area contributed by atoms with Gasteiger partial charge in [-0.15, -0.1) is 14.8 Å². The Balaban J connectivity index is 1.56. The molecule has 0 aromatic carbocycles. The van der Waals surface area contributed by atoms with Crippen molar-refractivity contribution in [2.75, 3.05) is 18.5 Å². The van der Waals surface area contributed by atoms with E-state index < -0.39 is 0 Å². The third-order valence-electron chi connectivity index (χ3n) is 3.84. The van der Waals surface area contributed by atoms with Crippen LogP contribution < -0.4 is 5.32 Å². The van der Waals surface area contributed by atoms with Gasteiger partial charge >= 0.3 is 0 Å². The van der Waals surface area contributed by atoms with Crippen molar-refractivity contribution in [3.05, 3.63) is 34.2 Å². The molecule has 4 rings (SSSR count). The number of anilines is 1. The third-order valence-corrected chi connectivity index (χ3v) is 4.26. The number of aryl methyl sites for hydroxylation is 1. The second-order valence-electron chi connectivity index (χ2n) is 5.52. The van der Waals surface area contributed by atoms with Crippen LogP contribution in [0.15, 0.2) is 22.9 Å². The molecule has 1 atom stereocenters. The zero-order valence-electron chi connectivity index (χ0n) is 12.8. The van der Waals surface area contributed by atoms with E-state index in [4.69, 9.17) is 4.74 Å². The molecule has 1 N–H and O–H groups in total. The van der Waals surface area contributed by atoms with Crippen LogP contribution in [0.25, 0.3) is 5.65 Å². The summed E-state index contributed by atoms with van der Waals surface area (Å²) < 4.78 is 9.15. The van der Waals surface area contributed by atoms with Gasteiger partial charge in [0.15, 0.2) is 5.65 Å². The fraction of sp³-hybridized carbons (Fsp3) is 0.357. The Kier molecular flexibility index (Phi) is 3.77. The van der Waals surface area contributed by atoms with Gasteiger partial charge in [0, 0.05) is 12.8 Å². The lowest BCUT2D eigenvalue weighted by Crippen LogP contribution is -2.14. The standard InChI is InChI=1S/C14H14BrN7O2/c1-8-10(6-21(18-8)9-4-5-24-7-9)13(23)17-14-16-12-3-2-11(15)19-22(12)20-14/h2-3,6,9H,4-5,7H2,1H3,(H,17,20,23). The van der Waals surface area contributed by atoms with Gasteiger partial charge < -0.3 is 4.74 Å². The highest BCUT2D eigenvalue weighted by atomic mass is 79.9. The van der Waals surface area contributed by atoms with E-state index in [9.17, 15) is 4.79 Å². The molecule has 4 heterocycles. The van der Waals surface area contributed by atoms with Crippen LogP contribution in [0.2, 0.25) is 0 Å². The summed E-state index contributed by atoms with van der Waals surface area (Å²) in [6.45, 7) is 3.15. The first kappa shape index (κ1) is 15.2. The number of halogens is 1. The zero-order valence-corrected chi connectivity index (χ0v) is 14.4. The maximum absolute atomic E-state index is 12.5. The molecule has 0 bridgehead atoms. The van der Waals surface area contributed by atoms with E-state index in [1.54, 1.807) is 29.9 Å². The van der Waals surface area contributed by atoms with Crippen LogP contribution in [0.3, 0.4) is 0 Å². The number of hydrogen-bond donors (Lipinski definition) is 1. The molecule has 9 nitrogen and oxygen atoms in total. The zero-order chi connectivity index (χ0) is 16.7. The number of hydrogen-bond acceptors (Lipinski definition) is 6. The predicted octanol–water partition coefficient (Wildman–Crippen LogP) is 1.61. The van der Waals surface area contributed by atoms with Gasteiger partial charge in [-0.05, 0) is 41.4 Å². The second-order valence-corrected chi connectivity index (χ2v) is 6.33. The van der Waals surface area contributed by atoms with Crippen molar-refractivity contribution in [2.45, 2.75) is 19.4 Å². The van der Waals surface area contributed by atoms with E-state index in [1.165, 1.54) is 4.63 Å². The van der Waals surface area contributed by atoms with Crippen LogP contribution >= 0.6 is 15.9 Å². The Morgan fingerprint density at radius 2 is 2.25 bits per heavy atom. The molecule has 0 radical (unpaired) electrons. The van der Waals surface area contributed by atoms with Crippen molar-refractivity contribution in [1.29, 1.82) is 0 Å². The molecule has 3 aromatic rings. The highest BCUT2D eigenvalue weighted by Crippen LogP contribution is 2.20. The Morgan fingerprint density at radius 1 is 1.38 bits per heavy atom. The number of carbonyl (C=O) groups excluding carboxylic acids is 1. The number of nitrogens with one attached hydrogen (secondary N) is 1. The Labute approximate surface area is 145 Å². The fourth-order valence-corrected chi connectivity index (χ4v) is 2.89. The minimum atomic E-state index is -0.298. The Hall–Kier alpha value is -2.33. The summed E-state index contributed by atoms with van der Waals surface area (Å²) in [6.07, 6.45) is 2.64. The van der Waals surface area contributed by atoms with Gasteiger partial charge in [-0.3, -0.25) is 14.8 Å². The number of ether oxygens (including phenoxy) is 1. The minimum absolute atomic E-state index is 0.181. The maximum Gasteiger partial charge on any atom is 0.261 e. The van der Waals surface area contributed by atoms with Gasteiger partial charge in [0.2, 0.25) is 0 Å². The van der Waals surface area contributed by atoms with Crippen LogP contribution in [-0.2, 0) is 4.74 Å². The number of carbonyl (C=O) groups is 1. The minimum Gasteiger partial charge on any atom is -0.379 e. The average Bonchev–Trinajstić information content (AvgIpc) is 3.25. The summed E-state index contributed by atoms with van der Waals surface area (Å²) in [4.78, 5) is 16.7. The van der Waals surface area contributed by atoms with Crippen molar-refractivity contribution in [2.24, 2.45) is 0 Å². The second kappa shape index (κ2) is 5.95. The SMILES string of the molecule is Cc1nn(C2CCOC2)cc1C(=O)Nc1nc2ccc(Br)nn2n1. The lowest BCUT2D eigenvalue weighted by atomic mass is 10.2. The van der Waals surface area contributed by atoms with E-state index in [0.717, 1.165) is 13.0 Å². The molecule has 0 spiro atoms. The highest BCUT2D eigenvalue weighted by molar-refractivity contribution is 9.10. The van der Waals surface area contributed by atoms with Crippen LogP contribution in [0.1, 0.15) is 28.5 Å². The molecule has 3 aromatic heterocycles. The summed E-state index contributed by atoms with van der Waals surface area (Å²) >= 11 is 3.27. The Bertz CT molecular complexity index is 913. The van der Waals surface area contributed by atoms with E-state index in [0.29, 0.717) is 28.1 Å². The molecular weight excluding hydrogens is 378 g/mol. The molecule has 1 unspecified atom stereocenters. The molecule has 1 aliphatic heterocycles. The number of aromatic nitrogens is 6. The van der Waals surface area contributed by atoms with Crippen molar-refractivity contribution in [3.8, 4) is 0 Å². The topological polar surface area (TPSA) is 99.2 Å². The molecular formula is C14H14BrN7O2. The van der Waals surface area contributed by atoms with Crippen LogP contribution in [0.5, 0.6) is 0 Å². The molecule has 0 saturated carbocycles. The lowest BCUT2D eigenvalue weighted by molar-refractivity contribution is 0.102. The molecule has 1 saturated heterocycles. The van der Waals surface area contributed by atoms with Crippen molar-refractivity contribution >= 4 is 33.4 Å². The normalized spacial score (nSPS) is 17.5. The maximum atomic E-state index is 12.5. The molecule has 124 valence electrons. The van der Waals surface area contributed by atoms with Gasteiger partial charge in [0.25, 0.3) is 11.9 Å². The first-order valence-corrected chi connectivity index (χ1v) is 8.24. The third kappa shape index (κ3) is 2.78. The van der Waals surface area contributed by atoms with Crippen LogP contribution in [-0.4, -0.2) is 48.7 Å². The van der Waals surface area contributed by atoms with Gasteiger partial charge in [-0.1, -0.05) is 0 Å². The summed E-state index contributed by atoms with van der Waals surface area (Å²) in [6, 6.07) is 3.69. The number of nitrogens with zero attached hydrogens (tertiary/aromatic N) is 6. The Morgan fingerprint density at radius 3 is 3.04 bits per heavy atom. The van der Waals surface area contributed by atoms with Gasteiger partial charge in [0.05, 0.1) is 23.9 Å². The van der Waals surface area contributed by atoms with Crippen molar-refractivity contribution in [1.82, 2.24) is 29.6 Å². The van der Waals surface area contributed by atoms with Gasteiger partial charge in [-0.2, -0.15) is 10.1 Å². The van der Waals surface area contributed by atoms with E-state index in [-0.39, 0.29) is 17.9 Å². The quantitative estimate of drug-likeness (QED) is 0.727. The summed E-state index contributed by atoms with van der Waals surface area (Å²) in [5.41, 5.74) is 1.70. The largest absolute Gasteiger partial charge is 0.379 e. The number of rotatable bonds is 3. The molecule has 0 aliphatic carbocycles. The van der Waals surface area contributed by atoms with Crippen LogP contribution in [0, 0.1) is 6.92 Å². The van der Waals surface area contributed by atoms with Crippen molar-refractivity contribution in [3.63, 3.8) is 0 Å². The van der Waals surface area contributed by atoms with E-state index in [2.05, 4.69) is 41.5 Å². The summed E-state index contributed by atoms with van der Waals surface area (Å²) in [7, 11) is 0. The van der Waals surface area contributed by atoms with Crippen LogP contribution in [0.4, 0.5) is 5.95 Å². The monoisotopic (exact) mass is 391 g/mol. The van der Waals surface area contributed by atoms with Crippen molar-refractivity contribution < 1.29 is 9.53 Å². The molecule has 24 heavy (non-hydrogen) atoms. The first-order chi connectivity index (χ1) is 11.6. The smallest absolute Gasteiger partial charge is 0.261 e. The predicted molar refractivity (Wildman–Crippen MR) is 87.9 cm³/mol. The molecule has 10 heteroatoms. The lowest BCUT2D eigenvalue weighted by Gasteiger charge is -2.06. The highest BCUT2D eigenvalue weighted by Gasteiger charge is 2.22. The molecule has 1 aliphatic rings. The van der Waals surface area contributed by atoms with Gasteiger partial charge in [-0.25, -0.2) is 0 Å². The fourth-order valence-electron chi connectivity index (χ4n) is 2.61. The number of amides is 1. The first-order valence-electron chi connectivity index (χ1n) is 7.44.